The molecule has 1 aromatic rings. The van der Waals surface area contributed by atoms with Gasteiger partial charge in [-0.15, -0.1) is 0 Å². The van der Waals surface area contributed by atoms with E-state index in [1.54, 1.807) is 6.07 Å². The third kappa shape index (κ3) is 3.33. The number of carbonyl (C=O) groups is 3. The fourth-order valence-electron chi connectivity index (χ4n) is 6.48. The lowest BCUT2D eigenvalue weighted by atomic mass is 9.84. The summed E-state index contributed by atoms with van der Waals surface area (Å²) in [5.41, 5.74) is 13.2. The minimum absolute atomic E-state index is 0.0425. The third-order valence-electron chi connectivity index (χ3n) is 8.27. The van der Waals surface area contributed by atoms with Gasteiger partial charge in [0.25, 0.3) is 5.91 Å². The van der Waals surface area contributed by atoms with Crippen LogP contribution in [-0.4, -0.2) is 92.3 Å². The number of guanidine groups is 2. The van der Waals surface area contributed by atoms with E-state index in [9.17, 15) is 24.6 Å². The van der Waals surface area contributed by atoms with E-state index < -0.39 is 35.5 Å². The van der Waals surface area contributed by atoms with Gasteiger partial charge in [0.1, 0.15) is 12.1 Å². The van der Waals surface area contributed by atoms with Crippen LogP contribution in [0.4, 0.5) is 0 Å². The van der Waals surface area contributed by atoms with Crippen LogP contribution in [0.2, 0.25) is 0 Å². The number of carbonyl (C=O) groups excluding carboxylic acids is 3. The van der Waals surface area contributed by atoms with Gasteiger partial charge in [0, 0.05) is 24.9 Å². The zero-order valence-corrected chi connectivity index (χ0v) is 20.2. The molecule has 2 saturated heterocycles. The van der Waals surface area contributed by atoms with Crippen molar-refractivity contribution in [3.63, 3.8) is 0 Å². The van der Waals surface area contributed by atoms with Gasteiger partial charge in [-0.25, -0.2) is 9.98 Å². The predicted octanol–water partition coefficient (Wildman–Crippen LogP) is -2.51. The number of amides is 3. The molecule has 1 aliphatic carbocycles. The number of imide groups is 1. The normalized spacial score (nSPS) is 31.8. The summed E-state index contributed by atoms with van der Waals surface area (Å²) in [4.78, 5) is 49.3. The van der Waals surface area contributed by atoms with Gasteiger partial charge in [-0.1, -0.05) is 12.1 Å². The van der Waals surface area contributed by atoms with Crippen LogP contribution in [0.5, 0.6) is 0 Å². The predicted molar refractivity (Wildman–Crippen MR) is 131 cm³/mol. The number of fused-ring (bicyclic) bond motifs is 1. The Morgan fingerprint density at radius 1 is 1.11 bits per heavy atom. The van der Waals surface area contributed by atoms with E-state index in [1.807, 2.05) is 12.1 Å². The molecule has 0 radical (unpaired) electrons. The number of rotatable bonds is 4. The Labute approximate surface area is 212 Å². The highest BCUT2D eigenvalue weighted by atomic mass is 16.5. The van der Waals surface area contributed by atoms with E-state index in [2.05, 4.69) is 20.6 Å². The van der Waals surface area contributed by atoms with Crippen molar-refractivity contribution in [3.8, 4) is 0 Å². The molecule has 2 unspecified atom stereocenters. The molecule has 0 saturated carbocycles. The van der Waals surface area contributed by atoms with Gasteiger partial charge >= 0.3 is 0 Å². The molecule has 2 fully saturated rings. The highest BCUT2D eigenvalue weighted by molar-refractivity contribution is 6.02. The Balaban J connectivity index is 1.31. The van der Waals surface area contributed by atoms with Crippen molar-refractivity contribution in [2.45, 2.75) is 68.1 Å². The molecule has 0 aromatic heterocycles. The smallest absolute Gasteiger partial charge is 0.252 e. The highest BCUT2D eigenvalue weighted by Crippen LogP contribution is 2.45. The van der Waals surface area contributed by atoms with Crippen molar-refractivity contribution in [1.29, 1.82) is 0 Å². The van der Waals surface area contributed by atoms with E-state index in [0.717, 1.165) is 41.7 Å². The van der Waals surface area contributed by atoms with E-state index >= 15 is 0 Å². The van der Waals surface area contributed by atoms with Crippen LogP contribution < -0.4 is 22.1 Å². The van der Waals surface area contributed by atoms with Gasteiger partial charge in [0.2, 0.25) is 17.6 Å². The lowest BCUT2D eigenvalue weighted by Crippen LogP contribution is -2.78. The van der Waals surface area contributed by atoms with Crippen LogP contribution in [0.3, 0.4) is 0 Å². The molecular weight excluding hydrogens is 480 g/mol. The van der Waals surface area contributed by atoms with Crippen LogP contribution in [0, 0.1) is 0 Å². The van der Waals surface area contributed by atoms with E-state index in [-0.39, 0.29) is 49.7 Å². The quantitative estimate of drug-likeness (QED) is 0.187. The van der Waals surface area contributed by atoms with Crippen molar-refractivity contribution in [2.75, 3.05) is 13.1 Å². The summed E-state index contributed by atoms with van der Waals surface area (Å²) in [6.07, 6.45) is 3.96. The van der Waals surface area contributed by atoms with Gasteiger partial charge in [-0.05, 0) is 42.9 Å². The Bertz CT molecular complexity index is 1250. The van der Waals surface area contributed by atoms with Gasteiger partial charge < -0.3 is 37.2 Å². The number of likely N-dealkylation sites (tertiary alicyclic amines) is 1. The molecule has 6 rings (SSSR count). The number of nitrogens with two attached hydrogens (primary N) is 2. The summed E-state index contributed by atoms with van der Waals surface area (Å²) in [5.74, 6) is -3.79. The minimum atomic E-state index is -2.59. The molecule has 37 heavy (non-hydrogen) atoms. The number of nitrogens with one attached hydrogen (secondary N) is 2. The highest BCUT2D eigenvalue weighted by Gasteiger charge is 2.73. The van der Waals surface area contributed by atoms with Gasteiger partial charge in [-0.3, -0.25) is 19.3 Å². The summed E-state index contributed by atoms with van der Waals surface area (Å²) in [7, 11) is 0. The maximum absolute atomic E-state index is 13.4. The number of hydrogen-bond donors (Lipinski definition) is 6. The van der Waals surface area contributed by atoms with E-state index in [1.165, 1.54) is 4.90 Å². The lowest BCUT2D eigenvalue weighted by molar-refractivity contribution is -0.230. The summed E-state index contributed by atoms with van der Waals surface area (Å²) in [5, 5.41) is 28.9. The van der Waals surface area contributed by atoms with Gasteiger partial charge in [-0.2, -0.15) is 0 Å². The van der Waals surface area contributed by atoms with Crippen molar-refractivity contribution < 1.29 is 24.6 Å². The minimum Gasteiger partial charge on any atom is -0.370 e. The second-order valence-electron chi connectivity index (χ2n) is 10.3. The van der Waals surface area contributed by atoms with Crippen LogP contribution >= 0.6 is 0 Å². The third-order valence-corrected chi connectivity index (χ3v) is 8.27. The number of aliphatic hydroxyl groups is 2. The van der Waals surface area contributed by atoms with E-state index in [0.29, 0.717) is 5.56 Å². The molecule has 5 aliphatic rings. The first kappa shape index (κ1) is 23.7. The van der Waals surface area contributed by atoms with Gasteiger partial charge in [0.05, 0.1) is 12.6 Å². The van der Waals surface area contributed by atoms with Crippen molar-refractivity contribution in [1.82, 2.24) is 20.4 Å². The summed E-state index contributed by atoms with van der Waals surface area (Å²) >= 11 is 0. The average molecular weight is 511 g/mol. The van der Waals surface area contributed by atoms with Crippen LogP contribution in [0.1, 0.15) is 47.2 Å². The summed E-state index contributed by atoms with van der Waals surface area (Å²) in [6, 6.07) is 2.54. The zero-order chi connectivity index (χ0) is 26.1. The average Bonchev–Trinajstić information content (AvgIpc) is 3.46. The van der Waals surface area contributed by atoms with Crippen LogP contribution in [-0.2, 0) is 22.4 Å². The number of nitrogens with zero attached hydrogens (tertiary/aromatic N) is 4. The second kappa shape index (κ2) is 8.15. The Morgan fingerprint density at radius 2 is 1.84 bits per heavy atom. The molecule has 3 amide bonds. The molecule has 13 nitrogen and oxygen atoms in total. The number of aliphatic imine (C=N–C) groups is 2. The maximum atomic E-state index is 13.4. The first-order valence-corrected chi connectivity index (χ1v) is 12.6. The van der Waals surface area contributed by atoms with E-state index in [4.69, 9.17) is 11.5 Å². The first-order valence-electron chi connectivity index (χ1n) is 12.6. The molecular formula is C24H30N8O5. The van der Waals surface area contributed by atoms with Crippen LogP contribution in [0.25, 0.3) is 0 Å². The molecule has 4 atom stereocenters. The molecule has 4 aliphatic heterocycles. The number of hydrogen-bond acceptors (Lipinski definition) is 11. The number of aryl methyl sites for hydroxylation is 1. The zero-order valence-electron chi connectivity index (χ0n) is 20.2. The van der Waals surface area contributed by atoms with Crippen molar-refractivity contribution >= 4 is 29.6 Å². The second-order valence-corrected chi connectivity index (χ2v) is 10.3. The molecule has 8 N–H and O–H groups in total. The van der Waals surface area contributed by atoms with Crippen LogP contribution in [0.15, 0.2) is 28.2 Å². The molecule has 4 heterocycles. The fourth-order valence-corrected chi connectivity index (χ4v) is 6.48. The molecule has 0 bridgehead atoms. The molecule has 1 spiro atoms. The maximum Gasteiger partial charge on any atom is 0.252 e. The summed E-state index contributed by atoms with van der Waals surface area (Å²) in [6.45, 7) is -0.204. The van der Waals surface area contributed by atoms with Crippen molar-refractivity contribution in [2.24, 2.45) is 21.5 Å². The van der Waals surface area contributed by atoms with Crippen molar-refractivity contribution in [3.05, 3.63) is 34.9 Å². The molecule has 1 aromatic carbocycles. The standard InChI is InChI=1S/C24H30N8O5/c25-21-29-19-15(10-31-17(33)8-9-18(31)34)27-22(26)32-11-16(24(36,37)23(19,32)30-21)28-20(35)14-7-3-5-12-4-1-2-6-13(12)14/h3,5,7,15-16,19,36-37H,1-2,4,6,8-11H2,(H2,26,27)(H,28,35)(H3,25,29,30)/t15?,16?,19-,23-/m0/s1. The van der Waals surface area contributed by atoms with Gasteiger partial charge in [0.15, 0.2) is 17.6 Å². The number of benzene rings is 1. The molecule has 196 valence electrons. The molecule has 13 heteroatoms. The Kier molecular flexibility index (Phi) is 5.21. The summed E-state index contributed by atoms with van der Waals surface area (Å²) < 4.78 is 0. The SMILES string of the molecule is NC1=N[C@H]2C(CN3C(=O)CCC3=O)N=C(N)N3CC(NC(=O)c4cccc5c4CCCC5)C(O)(O)[C@]23N1. The lowest BCUT2D eigenvalue weighted by Gasteiger charge is -2.49. The Hall–Kier alpha value is -3.71. The largest absolute Gasteiger partial charge is 0.370 e. The topological polar surface area (TPSA) is 199 Å². The Morgan fingerprint density at radius 3 is 2.59 bits per heavy atom. The first-order chi connectivity index (χ1) is 17.6. The fraction of sp³-hybridized carbons (Fsp3) is 0.542. The monoisotopic (exact) mass is 510 g/mol.